The molecule has 0 radical (unpaired) electrons. The molecule has 0 aliphatic carbocycles. The molecule has 0 amide bonds. The molecule has 0 rings (SSSR count). The minimum Gasteiger partial charge on any atom is -0.120 e. The molecule has 0 aliphatic heterocycles. The quantitative estimate of drug-likeness (QED) is 0.446. The van der Waals surface area contributed by atoms with Crippen LogP contribution in [0.25, 0.3) is 0 Å². The fraction of sp³-hybridized carbons (Fsp3) is 0.273. The summed E-state index contributed by atoms with van der Waals surface area (Å²) in [5.74, 6) is 3.00. The average Bonchev–Trinajstić information content (AvgIpc) is 2.14. The van der Waals surface area contributed by atoms with Crippen LogP contribution >= 0.6 is 0 Å². The van der Waals surface area contributed by atoms with Gasteiger partial charge in [0.05, 0.1) is 0 Å². The highest BCUT2D eigenvalue weighted by Crippen LogP contribution is 2.19. The van der Waals surface area contributed by atoms with Gasteiger partial charge in [-0.25, -0.2) is 0 Å². The van der Waals surface area contributed by atoms with E-state index in [9.17, 15) is 0 Å². The van der Waals surface area contributed by atoms with Crippen molar-refractivity contribution in [3.8, 4) is 12.3 Å². The highest BCUT2D eigenvalue weighted by atomic mass is 28.3. The van der Waals surface area contributed by atoms with Crippen LogP contribution in [0.5, 0.6) is 0 Å². The van der Waals surface area contributed by atoms with Crippen LogP contribution in [0, 0.1) is 18.3 Å². The van der Waals surface area contributed by atoms with Crippen molar-refractivity contribution in [2.75, 3.05) is 0 Å². The van der Waals surface area contributed by atoms with Gasteiger partial charge in [-0.3, -0.25) is 0 Å². The predicted octanol–water partition coefficient (Wildman–Crippen LogP) is 2.88. The molecule has 0 nitrogen and oxygen atoms in total. The number of hydrogen-bond donors (Lipinski definition) is 0. The van der Waals surface area contributed by atoms with Gasteiger partial charge >= 0.3 is 0 Å². The fourth-order valence-electron chi connectivity index (χ4n) is 1.09. The third-order valence-corrected chi connectivity index (χ3v) is 5.68. The van der Waals surface area contributed by atoms with Crippen molar-refractivity contribution in [1.29, 1.82) is 0 Å². The lowest BCUT2D eigenvalue weighted by Gasteiger charge is -2.20. The molecule has 0 spiro atoms. The molecule has 0 N–H and O–H groups in total. The lowest BCUT2D eigenvalue weighted by Crippen LogP contribution is -2.28. The van der Waals surface area contributed by atoms with Gasteiger partial charge in [0.25, 0.3) is 0 Å². The number of hydrogen-bond acceptors (Lipinski definition) is 0. The third-order valence-electron chi connectivity index (χ3n) is 2.08. The van der Waals surface area contributed by atoms with E-state index in [-0.39, 0.29) is 5.92 Å². The molecule has 0 aromatic heterocycles. The largest absolute Gasteiger partial charge is 0.125 e. The Bertz CT molecular complexity index is 198. The van der Waals surface area contributed by atoms with E-state index in [0.29, 0.717) is 0 Å². The van der Waals surface area contributed by atoms with Crippen LogP contribution in [0.1, 0.15) is 6.92 Å². The molecule has 1 heteroatoms. The minimum atomic E-state index is -1.65. The molecule has 1 unspecified atom stereocenters. The predicted molar refractivity (Wildman–Crippen MR) is 59.1 cm³/mol. The molecule has 1 atom stereocenters. The molecular weight excluding hydrogens is 160 g/mol. The maximum absolute atomic E-state index is 5.31. The van der Waals surface area contributed by atoms with Gasteiger partial charge in [-0.2, -0.15) is 0 Å². The molecule has 12 heavy (non-hydrogen) atoms. The monoisotopic (exact) mass is 176 g/mol. The Labute approximate surface area is 76.7 Å². The Balaban J connectivity index is 4.53. The van der Waals surface area contributed by atoms with Crippen molar-refractivity contribution in [2.24, 2.45) is 5.92 Å². The van der Waals surface area contributed by atoms with Gasteiger partial charge in [-0.1, -0.05) is 24.0 Å². The van der Waals surface area contributed by atoms with Crippen molar-refractivity contribution in [3.05, 3.63) is 36.8 Å². The average molecular weight is 176 g/mol. The molecule has 64 valence electrons. The minimum absolute atomic E-state index is 0.283. The summed E-state index contributed by atoms with van der Waals surface area (Å²) in [5, 5.41) is 0. The van der Waals surface area contributed by atoms with Crippen LogP contribution in [0.4, 0.5) is 0 Å². The van der Waals surface area contributed by atoms with E-state index in [0.717, 1.165) is 6.04 Å². The van der Waals surface area contributed by atoms with Crippen molar-refractivity contribution in [1.82, 2.24) is 0 Å². The van der Waals surface area contributed by atoms with Gasteiger partial charge in [0.1, 0.15) is 8.07 Å². The van der Waals surface area contributed by atoms with E-state index >= 15 is 0 Å². The van der Waals surface area contributed by atoms with Crippen LogP contribution in [0.3, 0.4) is 0 Å². The molecule has 0 fully saturated rings. The van der Waals surface area contributed by atoms with Crippen molar-refractivity contribution >= 4 is 8.07 Å². The Morgan fingerprint density at radius 1 is 1.33 bits per heavy atom. The first-order valence-corrected chi connectivity index (χ1v) is 6.45. The van der Waals surface area contributed by atoms with Crippen LogP contribution in [-0.2, 0) is 0 Å². The molecular formula is C11H16Si. The molecule has 0 saturated carbocycles. The second kappa shape index (κ2) is 4.79. The van der Waals surface area contributed by atoms with Crippen LogP contribution < -0.4 is 0 Å². The van der Waals surface area contributed by atoms with E-state index in [4.69, 9.17) is 6.42 Å². The molecule has 0 bridgehead atoms. The summed E-state index contributed by atoms with van der Waals surface area (Å²) < 4.78 is 0. The summed E-state index contributed by atoms with van der Waals surface area (Å²) in [6.45, 7) is 13.5. The Hall–Kier alpha value is -1.00. The van der Waals surface area contributed by atoms with Gasteiger partial charge < -0.3 is 0 Å². The van der Waals surface area contributed by atoms with Crippen molar-refractivity contribution < 1.29 is 0 Å². The van der Waals surface area contributed by atoms with E-state index in [1.807, 2.05) is 24.0 Å². The standard InChI is InChI=1S/C11H16Si/c1-6-11(5)10-12(7-2,8-3)9-4/h1,7-9,11H,2-4,10H2,5H3. The third kappa shape index (κ3) is 2.56. The topological polar surface area (TPSA) is 0 Å². The highest BCUT2D eigenvalue weighted by Gasteiger charge is 2.23. The summed E-state index contributed by atoms with van der Waals surface area (Å²) in [6, 6.07) is 0.972. The summed E-state index contributed by atoms with van der Waals surface area (Å²) in [5.41, 5.74) is 5.92. The SMILES string of the molecule is C#CC(C)C[Si](C=C)(C=C)C=C. The second-order valence-electron chi connectivity index (χ2n) is 3.00. The Morgan fingerprint density at radius 2 is 1.75 bits per heavy atom. The Kier molecular flexibility index (Phi) is 4.39. The molecule has 0 heterocycles. The lowest BCUT2D eigenvalue weighted by atomic mass is 10.2. The number of terminal acetylenes is 1. The van der Waals surface area contributed by atoms with Crippen LogP contribution in [0.15, 0.2) is 36.8 Å². The summed E-state index contributed by atoms with van der Waals surface area (Å²) in [6.07, 6.45) is 5.31. The first kappa shape index (κ1) is 11.0. The van der Waals surface area contributed by atoms with Gasteiger partial charge in [-0.05, 0) is 6.04 Å². The second-order valence-corrected chi connectivity index (χ2v) is 6.85. The zero-order valence-corrected chi connectivity index (χ0v) is 8.72. The highest BCUT2D eigenvalue weighted by molar-refractivity contribution is 6.93. The molecule has 0 aromatic carbocycles. The fourth-order valence-corrected chi connectivity index (χ4v) is 3.27. The van der Waals surface area contributed by atoms with E-state index in [2.05, 4.69) is 25.7 Å². The van der Waals surface area contributed by atoms with Gasteiger partial charge in [0, 0.05) is 5.92 Å². The normalized spacial score (nSPS) is 12.7. The smallest absolute Gasteiger partial charge is 0.120 e. The van der Waals surface area contributed by atoms with Crippen molar-refractivity contribution in [2.45, 2.75) is 13.0 Å². The van der Waals surface area contributed by atoms with Crippen LogP contribution in [0.2, 0.25) is 6.04 Å². The van der Waals surface area contributed by atoms with Crippen LogP contribution in [-0.4, -0.2) is 8.07 Å². The molecule has 0 saturated heterocycles. The number of rotatable bonds is 5. The lowest BCUT2D eigenvalue weighted by molar-refractivity contribution is 0.851. The maximum Gasteiger partial charge on any atom is 0.125 e. The first-order chi connectivity index (χ1) is 5.64. The zero-order valence-electron chi connectivity index (χ0n) is 7.72. The summed E-state index contributed by atoms with van der Waals surface area (Å²) in [4.78, 5) is 0. The summed E-state index contributed by atoms with van der Waals surface area (Å²) >= 11 is 0. The van der Waals surface area contributed by atoms with E-state index in [1.165, 1.54) is 0 Å². The van der Waals surface area contributed by atoms with Crippen molar-refractivity contribution in [3.63, 3.8) is 0 Å². The molecule has 0 aromatic rings. The van der Waals surface area contributed by atoms with E-state index in [1.54, 1.807) is 0 Å². The maximum atomic E-state index is 5.31. The van der Waals surface area contributed by atoms with E-state index < -0.39 is 8.07 Å². The van der Waals surface area contributed by atoms with Gasteiger partial charge in [-0.15, -0.1) is 32.1 Å². The Morgan fingerprint density at radius 3 is 2.00 bits per heavy atom. The molecule has 0 aliphatic rings. The summed E-state index contributed by atoms with van der Waals surface area (Å²) in [7, 11) is -1.65. The van der Waals surface area contributed by atoms with Gasteiger partial charge in [0.15, 0.2) is 0 Å². The zero-order chi connectivity index (χ0) is 9.61. The van der Waals surface area contributed by atoms with Gasteiger partial charge in [0.2, 0.25) is 0 Å². The first-order valence-electron chi connectivity index (χ1n) is 4.01.